The zero-order valence-electron chi connectivity index (χ0n) is 7.65. The molecule has 0 aliphatic heterocycles. The summed E-state index contributed by atoms with van der Waals surface area (Å²) in [7, 11) is 0. The highest BCUT2D eigenvalue weighted by Crippen LogP contribution is 2.45. The van der Waals surface area contributed by atoms with Crippen molar-refractivity contribution in [2.24, 2.45) is 11.8 Å². The molecule has 0 nitrogen and oxygen atoms in total. The summed E-state index contributed by atoms with van der Waals surface area (Å²) in [6.07, 6.45) is 5.86. The van der Waals surface area contributed by atoms with Gasteiger partial charge in [-0.3, -0.25) is 0 Å². The molecule has 0 heterocycles. The molecule has 62 valence electrons. The van der Waals surface area contributed by atoms with Gasteiger partial charge in [-0.05, 0) is 0 Å². The van der Waals surface area contributed by atoms with Gasteiger partial charge in [-0.15, -0.1) is 4.05 Å². The number of hydrogen-bond acceptors (Lipinski definition) is 0. The average Bonchev–Trinajstić information content (AvgIpc) is 2.45. The molecule has 0 aromatic carbocycles. The van der Waals surface area contributed by atoms with Crippen LogP contribution in [0.3, 0.4) is 0 Å². The molecule has 0 saturated heterocycles. The summed E-state index contributed by atoms with van der Waals surface area (Å²) in [5.41, 5.74) is 0. The van der Waals surface area contributed by atoms with Crippen molar-refractivity contribution >= 4 is 31.1 Å². The highest BCUT2D eigenvalue weighted by molar-refractivity contribution is 9.23. The van der Waals surface area contributed by atoms with Crippen molar-refractivity contribution in [3.8, 4) is 0 Å². The first kappa shape index (κ1) is 10.3. The first-order chi connectivity index (χ1) is 5.33. The van der Waals surface area contributed by atoms with Gasteiger partial charge < -0.3 is 12.9 Å². The lowest BCUT2D eigenvalue weighted by Gasteiger charge is -2.20. The molecule has 1 saturated carbocycles. The van der Waals surface area contributed by atoms with E-state index < -0.39 is 0 Å². The van der Waals surface area contributed by atoms with E-state index in [-0.39, 0.29) is 18.2 Å². The van der Waals surface area contributed by atoms with Crippen molar-refractivity contribution in [1.82, 2.24) is 0 Å². The van der Waals surface area contributed by atoms with E-state index in [9.17, 15) is 0 Å². The molecular formula is C9H17BrMg. The van der Waals surface area contributed by atoms with Crippen LogP contribution in [0.2, 0.25) is 4.05 Å². The van der Waals surface area contributed by atoms with Gasteiger partial charge in [0.2, 0.25) is 0 Å². The van der Waals surface area contributed by atoms with Crippen LogP contribution >= 0.6 is 12.9 Å². The van der Waals surface area contributed by atoms with Crippen LogP contribution < -0.4 is 0 Å². The molecule has 1 aliphatic carbocycles. The Morgan fingerprint density at radius 3 is 1.91 bits per heavy atom. The summed E-state index contributed by atoms with van der Waals surface area (Å²) >= 11 is 3.86. The van der Waals surface area contributed by atoms with Crippen LogP contribution in [0.15, 0.2) is 0 Å². The fourth-order valence-corrected chi connectivity index (χ4v) is 7.32. The third-order valence-corrected chi connectivity index (χ3v) is 7.28. The summed E-state index contributed by atoms with van der Waals surface area (Å²) < 4.78 is 1.12. The monoisotopic (exact) mass is 228 g/mol. The molecule has 0 N–H and O–H groups in total. The van der Waals surface area contributed by atoms with Crippen LogP contribution in [-0.2, 0) is 0 Å². The Labute approximate surface area is 86.1 Å². The molecule has 1 rings (SSSR count). The first-order valence-electron chi connectivity index (χ1n) is 4.89. The fourth-order valence-electron chi connectivity index (χ4n) is 2.51. The van der Waals surface area contributed by atoms with Gasteiger partial charge in [0, 0.05) is 0 Å². The maximum atomic E-state index is 3.78. The third-order valence-electron chi connectivity index (χ3n) is 3.35. The van der Waals surface area contributed by atoms with Crippen molar-refractivity contribution in [1.29, 1.82) is 0 Å². The SMILES string of the molecule is CCC1CCC(CC)[CH]1[Mg][Br]. The molecular weight excluding hydrogens is 212 g/mol. The minimum Gasteiger partial charge on any atom is -0.306 e. The lowest BCUT2D eigenvalue weighted by Crippen LogP contribution is -2.11. The molecule has 11 heavy (non-hydrogen) atoms. The topological polar surface area (TPSA) is 0 Å². The van der Waals surface area contributed by atoms with Crippen molar-refractivity contribution in [3.05, 3.63) is 0 Å². The smallest absolute Gasteiger partial charge is 0.306 e. The Morgan fingerprint density at radius 2 is 1.64 bits per heavy atom. The lowest BCUT2D eigenvalue weighted by molar-refractivity contribution is 0.471. The predicted octanol–water partition coefficient (Wildman–Crippen LogP) is 3.64. The van der Waals surface area contributed by atoms with E-state index in [2.05, 4.69) is 26.7 Å². The molecule has 0 aromatic heterocycles. The van der Waals surface area contributed by atoms with E-state index in [1.54, 1.807) is 0 Å². The normalized spacial score (nSPS) is 37.2. The molecule has 0 radical (unpaired) electrons. The van der Waals surface area contributed by atoms with Gasteiger partial charge in [-0.1, -0.05) is 51.4 Å². The minimum absolute atomic E-state index is 0.0861. The van der Waals surface area contributed by atoms with Crippen LogP contribution in [0.25, 0.3) is 0 Å². The van der Waals surface area contributed by atoms with E-state index >= 15 is 0 Å². The predicted molar refractivity (Wildman–Crippen MR) is 55.2 cm³/mol. The van der Waals surface area contributed by atoms with Gasteiger partial charge in [0.05, 0.1) is 0 Å². The van der Waals surface area contributed by atoms with Crippen molar-refractivity contribution in [2.45, 2.75) is 43.6 Å². The molecule has 0 amide bonds. The Balaban J connectivity index is 2.48. The summed E-state index contributed by atoms with van der Waals surface area (Å²) in [5, 5.41) is 0. The number of halogens is 1. The molecule has 0 spiro atoms. The lowest BCUT2D eigenvalue weighted by atomic mass is 10.00. The molecule has 2 unspecified atom stereocenters. The molecule has 1 aliphatic rings. The number of rotatable bonds is 3. The van der Waals surface area contributed by atoms with Crippen molar-refractivity contribution in [2.75, 3.05) is 0 Å². The van der Waals surface area contributed by atoms with E-state index in [0.29, 0.717) is 0 Å². The average molecular weight is 229 g/mol. The summed E-state index contributed by atoms with van der Waals surface area (Å²) in [4.78, 5) is 0. The van der Waals surface area contributed by atoms with E-state index in [4.69, 9.17) is 0 Å². The van der Waals surface area contributed by atoms with Crippen LogP contribution in [0, 0.1) is 11.8 Å². The van der Waals surface area contributed by atoms with Gasteiger partial charge in [0.1, 0.15) is 0 Å². The maximum absolute atomic E-state index is 3.78. The van der Waals surface area contributed by atoms with Gasteiger partial charge in [-0.25, -0.2) is 0 Å². The van der Waals surface area contributed by atoms with Crippen LogP contribution in [0.4, 0.5) is 0 Å². The minimum atomic E-state index is 0.0861. The molecule has 2 heteroatoms. The Hall–Kier alpha value is 1.25. The van der Waals surface area contributed by atoms with E-state index in [0.717, 1.165) is 15.9 Å². The third kappa shape index (κ3) is 2.35. The second-order valence-electron chi connectivity index (χ2n) is 3.73. The second-order valence-corrected chi connectivity index (χ2v) is 6.93. The Bertz CT molecular complexity index is 104. The Morgan fingerprint density at radius 1 is 1.18 bits per heavy atom. The molecule has 2 atom stereocenters. The molecule has 0 aromatic rings. The standard InChI is InChI=1S/C9H17.BrH.Mg/c1-3-8-5-6-9(4-2)7-8;;/h7-9H,3-6H2,1-2H3;1H;/q;;+1/p-1. The highest BCUT2D eigenvalue weighted by Gasteiger charge is 2.33. The van der Waals surface area contributed by atoms with Gasteiger partial charge in [-0.2, -0.15) is 0 Å². The van der Waals surface area contributed by atoms with E-state index in [1.165, 1.54) is 25.7 Å². The summed E-state index contributed by atoms with van der Waals surface area (Å²) in [6.45, 7) is 4.71. The van der Waals surface area contributed by atoms with Gasteiger partial charge in [0.25, 0.3) is 0 Å². The second kappa shape index (κ2) is 5.08. The van der Waals surface area contributed by atoms with Crippen LogP contribution in [-0.4, -0.2) is 18.2 Å². The summed E-state index contributed by atoms with van der Waals surface area (Å²) in [6, 6.07) is 0. The Kier molecular flexibility index (Phi) is 4.77. The fraction of sp³-hybridized carbons (Fsp3) is 1.00. The largest absolute Gasteiger partial charge is 0.472 e. The maximum Gasteiger partial charge on any atom is 0.472 e. The zero-order chi connectivity index (χ0) is 8.27. The van der Waals surface area contributed by atoms with Crippen LogP contribution in [0.5, 0.6) is 0 Å². The quantitative estimate of drug-likeness (QED) is 0.648. The zero-order valence-corrected chi connectivity index (χ0v) is 10.6. The molecule has 0 bridgehead atoms. The van der Waals surface area contributed by atoms with Crippen molar-refractivity contribution < 1.29 is 0 Å². The van der Waals surface area contributed by atoms with Crippen LogP contribution in [0.1, 0.15) is 39.5 Å². The van der Waals surface area contributed by atoms with Gasteiger partial charge >= 0.3 is 18.2 Å². The van der Waals surface area contributed by atoms with Crippen molar-refractivity contribution in [3.63, 3.8) is 0 Å². The molecule has 1 fully saturated rings. The first-order valence-corrected chi connectivity index (χ1v) is 9.60. The highest BCUT2D eigenvalue weighted by atomic mass is 79.9. The van der Waals surface area contributed by atoms with Gasteiger partial charge in [0.15, 0.2) is 0 Å². The van der Waals surface area contributed by atoms with E-state index in [1.807, 2.05) is 0 Å². The number of hydrogen-bond donors (Lipinski definition) is 0. The summed E-state index contributed by atoms with van der Waals surface area (Å²) in [5.74, 6) is 2.15.